The summed E-state index contributed by atoms with van der Waals surface area (Å²) >= 11 is 4.52. The van der Waals surface area contributed by atoms with Crippen LogP contribution in [-0.2, 0) is 0 Å². The number of halogens is 2. The molecule has 0 amide bonds. The second-order valence-corrected chi connectivity index (χ2v) is 7.13. The molecule has 0 saturated carbocycles. The van der Waals surface area contributed by atoms with E-state index >= 15 is 0 Å². The predicted molar refractivity (Wildman–Crippen MR) is 42.0 cm³/mol. The third-order valence-corrected chi connectivity index (χ3v) is 5.27. The number of hydrogen-bond acceptors (Lipinski definition) is 0. The molecule has 0 aliphatic rings. The standard InChI is InChI=1S/C4H9.CH2Cl.Al.ClH/c1-4(2)3;1-2;;/h4H,1H2,2-3H3;1H2;;1H/q;;+1;/p-1. The first-order chi connectivity index (χ1) is 3.66. The van der Waals surface area contributed by atoms with E-state index in [9.17, 15) is 0 Å². The molecule has 0 aliphatic carbocycles. The van der Waals surface area contributed by atoms with Crippen molar-refractivity contribution < 1.29 is 0 Å². The van der Waals surface area contributed by atoms with Gasteiger partial charge in [0.2, 0.25) is 0 Å². The molecule has 0 aliphatic heterocycles. The molecule has 0 aromatic carbocycles. The van der Waals surface area contributed by atoms with E-state index in [2.05, 4.69) is 13.8 Å². The molecule has 0 heterocycles. The van der Waals surface area contributed by atoms with Crippen molar-refractivity contribution in [3.8, 4) is 0 Å². The van der Waals surface area contributed by atoms with Gasteiger partial charge in [-0.1, -0.05) is 25.0 Å². The molecule has 0 aromatic heterocycles. The monoisotopic (exact) mass is 168 g/mol. The molecule has 0 radical (unpaired) electrons. The molecule has 48 valence electrons. The van der Waals surface area contributed by atoms with E-state index in [1.54, 1.807) is 0 Å². The van der Waals surface area contributed by atoms with Crippen molar-refractivity contribution in [2.45, 2.75) is 19.1 Å². The minimum absolute atomic E-state index is 0.708. The number of hydrogen-bond donors (Lipinski definition) is 0. The maximum Gasteiger partial charge on any atom is 0.415 e. The summed E-state index contributed by atoms with van der Waals surface area (Å²) in [4.78, 5) is 0. The highest BCUT2D eigenvalue weighted by atomic mass is 35.6. The zero-order chi connectivity index (χ0) is 6.57. The number of rotatable bonds is 3. The van der Waals surface area contributed by atoms with E-state index in [1.165, 1.54) is 0 Å². The van der Waals surface area contributed by atoms with E-state index in [1.807, 2.05) is 0 Å². The van der Waals surface area contributed by atoms with E-state index in [0.29, 0.717) is 4.74 Å². The largest absolute Gasteiger partial charge is 0.415 e. The van der Waals surface area contributed by atoms with Gasteiger partial charge in [0.05, 0.1) is 0 Å². The Morgan fingerprint density at radius 2 is 2.00 bits per heavy atom. The van der Waals surface area contributed by atoms with E-state index in [0.717, 1.165) is 11.2 Å². The lowest BCUT2D eigenvalue weighted by Gasteiger charge is -2.01. The Morgan fingerprint density at radius 1 is 1.50 bits per heavy atom. The molecule has 0 nitrogen and oxygen atoms in total. The van der Waals surface area contributed by atoms with Gasteiger partial charge in [0.15, 0.2) is 0 Å². The van der Waals surface area contributed by atoms with Crippen molar-refractivity contribution in [1.82, 2.24) is 0 Å². The molecule has 0 bridgehead atoms. The zero-order valence-corrected chi connectivity index (χ0v) is 7.99. The van der Waals surface area contributed by atoms with Gasteiger partial charge in [-0.2, -0.15) is 0 Å². The van der Waals surface area contributed by atoms with E-state index in [4.69, 9.17) is 21.7 Å². The first-order valence-electron chi connectivity index (χ1n) is 2.86. The Labute approximate surface area is 64.8 Å². The summed E-state index contributed by atoms with van der Waals surface area (Å²) in [5, 5.41) is 1.16. The smallest absolute Gasteiger partial charge is 0.260 e. The van der Waals surface area contributed by atoms with Crippen LogP contribution in [0.15, 0.2) is 0 Å². The van der Waals surface area contributed by atoms with E-state index in [-0.39, 0.29) is 0 Å². The van der Waals surface area contributed by atoms with Crippen LogP contribution in [0, 0.1) is 5.92 Å². The lowest BCUT2D eigenvalue weighted by molar-refractivity contribution is 0.729. The van der Waals surface area contributed by atoms with Crippen molar-refractivity contribution in [3.63, 3.8) is 0 Å². The van der Waals surface area contributed by atoms with Gasteiger partial charge < -0.3 is 0 Å². The molecule has 0 N–H and O–H groups in total. The van der Waals surface area contributed by atoms with Crippen LogP contribution in [-0.4, -0.2) is 18.0 Å². The fourth-order valence-electron chi connectivity index (χ4n) is 0.575. The second-order valence-electron chi connectivity index (χ2n) is 2.38. The van der Waals surface area contributed by atoms with Crippen LogP contribution in [0.1, 0.15) is 13.8 Å². The van der Waals surface area contributed by atoms with Gasteiger partial charge in [-0.15, -0.1) is 11.6 Å². The molecule has 0 unspecified atom stereocenters. The molecular formula is C5H11AlCl2. The second kappa shape index (κ2) is 4.94. The minimum atomic E-state index is -1.00. The first-order valence-corrected chi connectivity index (χ1v) is 6.78. The van der Waals surface area contributed by atoms with Crippen LogP contribution < -0.4 is 0 Å². The average Bonchev–Trinajstić information content (AvgIpc) is 1.65. The fourth-order valence-corrected chi connectivity index (χ4v) is 3.17. The Morgan fingerprint density at radius 3 is 2.12 bits per heavy atom. The highest BCUT2D eigenvalue weighted by Crippen LogP contribution is 2.08. The highest BCUT2D eigenvalue weighted by molar-refractivity contribution is 7.09. The summed E-state index contributed by atoms with van der Waals surface area (Å²) in [7, 11) is 5.87. The average molecular weight is 169 g/mol. The molecule has 0 rings (SSSR count). The predicted octanol–water partition coefficient (Wildman–Crippen LogP) is 2.65. The van der Waals surface area contributed by atoms with Gasteiger partial charge in [-0.05, 0) is 4.74 Å². The van der Waals surface area contributed by atoms with Crippen LogP contribution >= 0.6 is 21.7 Å². The van der Waals surface area contributed by atoms with Crippen LogP contribution in [0.3, 0.4) is 0 Å². The van der Waals surface area contributed by atoms with Crippen LogP contribution in [0.4, 0.5) is 0 Å². The minimum Gasteiger partial charge on any atom is -0.260 e. The molecular weight excluding hydrogens is 158 g/mol. The molecule has 0 spiro atoms. The lowest BCUT2D eigenvalue weighted by atomic mass is 10.3. The third kappa shape index (κ3) is 5.25. The van der Waals surface area contributed by atoms with Gasteiger partial charge in [-0.3, -0.25) is 10.0 Å². The molecule has 3 heteroatoms. The topological polar surface area (TPSA) is 0 Å². The zero-order valence-electron chi connectivity index (χ0n) is 5.32. The van der Waals surface area contributed by atoms with E-state index < -0.39 is 13.2 Å². The fraction of sp³-hybridized carbons (Fsp3) is 1.00. The maximum atomic E-state index is 5.87. The van der Waals surface area contributed by atoms with Gasteiger partial charge in [0, 0.05) is 0 Å². The van der Waals surface area contributed by atoms with Crippen molar-refractivity contribution >= 4 is 34.9 Å². The molecule has 0 fully saturated rings. The highest BCUT2D eigenvalue weighted by Gasteiger charge is 2.13. The summed E-state index contributed by atoms with van der Waals surface area (Å²) in [6.07, 6.45) is 0. The normalized spacial score (nSPS) is 10.1. The molecule has 8 heavy (non-hydrogen) atoms. The SMILES string of the molecule is CC(C)[CH2][Al]([Cl])[CH2]Cl. The quantitative estimate of drug-likeness (QED) is 0.450. The van der Waals surface area contributed by atoms with Gasteiger partial charge in [0.25, 0.3) is 0 Å². The summed E-state index contributed by atoms with van der Waals surface area (Å²) in [6.45, 7) is 4.35. The van der Waals surface area contributed by atoms with Crippen molar-refractivity contribution in [1.29, 1.82) is 0 Å². The third-order valence-electron chi connectivity index (χ3n) is 0.895. The van der Waals surface area contributed by atoms with Crippen LogP contribution in [0.2, 0.25) is 5.28 Å². The summed E-state index contributed by atoms with van der Waals surface area (Å²) in [6, 6.07) is 0. The summed E-state index contributed by atoms with van der Waals surface area (Å²) in [5.41, 5.74) is 0. The van der Waals surface area contributed by atoms with Crippen molar-refractivity contribution in [2.24, 2.45) is 5.92 Å². The molecule has 0 aromatic rings. The molecule has 0 atom stereocenters. The first kappa shape index (κ1) is 9.11. The van der Waals surface area contributed by atoms with Crippen LogP contribution in [0.25, 0.3) is 0 Å². The lowest BCUT2D eigenvalue weighted by Crippen LogP contribution is -2.08. The summed E-state index contributed by atoms with van der Waals surface area (Å²) < 4.78 is 0.708. The Hall–Kier alpha value is 1.11. The van der Waals surface area contributed by atoms with Gasteiger partial charge in [0.1, 0.15) is 0 Å². The van der Waals surface area contributed by atoms with Gasteiger partial charge in [-0.25, -0.2) is 0 Å². The summed E-state index contributed by atoms with van der Waals surface area (Å²) in [5.74, 6) is 0.725. The van der Waals surface area contributed by atoms with Crippen molar-refractivity contribution in [2.75, 3.05) is 4.74 Å². The van der Waals surface area contributed by atoms with Crippen LogP contribution in [0.5, 0.6) is 0 Å². The maximum absolute atomic E-state index is 5.87. The Kier molecular flexibility index (Phi) is 5.63. The van der Waals surface area contributed by atoms with Crippen molar-refractivity contribution in [3.05, 3.63) is 0 Å². The Bertz CT molecular complexity index is 56.4. The molecule has 0 saturated heterocycles. The van der Waals surface area contributed by atoms with Gasteiger partial charge >= 0.3 is 13.2 Å². The Balaban J connectivity index is 3.10. The number of alkyl halides is 1.